The zero-order valence-corrected chi connectivity index (χ0v) is 16.9. The van der Waals surface area contributed by atoms with E-state index in [0.717, 1.165) is 51.2 Å². The second-order valence-corrected chi connectivity index (χ2v) is 8.48. The SMILES string of the molecule is O=C(CCc1ccc(CC2CCN(C(=O)c3ccco3)CC2)cc1)NCC1CC1. The van der Waals surface area contributed by atoms with Crippen LogP contribution >= 0.6 is 0 Å². The standard InChI is InChI=1S/C24H30N2O3/c27-23(25-17-21-7-8-21)10-9-18-3-5-19(6-4-18)16-20-11-13-26(14-12-20)24(28)22-2-1-15-29-22/h1-6,15,20-21H,7-14,16-17H2,(H,25,27). The lowest BCUT2D eigenvalue weighted by Crippen LogP contribution is -2.38. The van der Waals surface area contributed by atoms with Gasteiger partial charge in [-0.15, -0.1) is 0 Å². The number of hydrogen-bond acceptors (Lipinski definition) is 3. The Morgan fingerprint density at radius 2 is 1.69 bits per heavy atom. The van der Waals surface area contributed by atoms with E-state index < -0.39 is 0 Å². The highest BCUT2D eigenvalue weighted by Gasteiger charge is 2.25. The number of amides is 2. The minimum absolute atomic E-state index is 0.000953. The highest BCUT2D eigenvalue weighted by Crippen LogP contribution is 2.27. The van der Waals surface area contributed by atoms with Crippen molar-refractivity contribution in [3.63, 3.8) is 0 Å². The van der Waals surface area contributed by atoms with Crippen molar-refractivity contribution in [1.29, 1.82) is 0 Å². The second kappa shape index (κ2) is 9.29. The van der Waals surface area contributed by atoms with Gasteiger partial charge in [-0.2, -0.15) is 0 Å². The molecule has 154 valence electrons. The molecule has 1 saturated heterocycles. The molecule has 5 nitrogen and oxygen atoms in total. The van der Waals surface area contributed by atoms with E-state index in [1.54, 1.807) is 18.4 Å². The third-order valence-corrected chi connectivity index (χ3v) is 6.11. The Kier molecular flexibility index (Phi) is 6.33. The van der Waals surface area contributed by atoms with E-state index in [2.05, 4.69) is 29.6 Å². The summed E-state index contributed by atoms with van der Waals surface area (Å²) >= 11 is 0. The average Bonchev–Trinajstić information content (AvgIpc) is 3.42. The molecule has 0 bridgehead atoms. The van der Waals surface area contributed by atoms with Crippen LogP contribution in [0.4, 0.5) is 0 Å². The van der Waals surface area contributed by atoms with Crippen molar-refractivity contribution in [2.75, 3.05) is 19.6 Å². The number of benzene rings is 1. The van der Waals surface area contributed by atoms with Gasteiger partial charge in [-0.3, -0.25) is 9.59 Å². The number of piperidine rings is 1. The summed E-state index contributed by atoms with van der Waals surface area (Å²) in [5, 5.41) is 3.03. The van der Waals surface area contributed by atoms with Gasteiger partial charge in [0.2, 0.25) is 5.91 Å². The van der Waals surface area contributed by atoms with Crippen LogP contribution in [-0.2, 0) is 17.6 Å². The Hall–Kier alpha value is -2.56. The summed E-state index contributed by atoms with van der Waals surface area (Å²) in [6.45, 7) is 2.43. The van der Waals surface area contributed by atoms with E-state index in [1.165, 1.54) is 24.0 Å². The fourth-order valence-corrected chi connectivity index (χ4v) is 4.00. The molecule has 1 aliphatic carbocycles. The zero-order valence-electron chi connectivity index (χ0n) is 16.9. The first kappa shape index (κ1) is 19.7. The van der Waals surface area contributed by atoms with Gasteiger partial charge < -0.3 is 14.6 Å². The zero-order chi connectivity index (χ0) is 20.1. The maximum atomic E-state index is 12.4. The number of rotatable bonds is 8. The first-order valence-corrected chi connectivity index (χ1v) is 10.8. The quantitative estimate of drug-likeness (QED) is 0.740. The van der Waals surface area contributed by atoms with Crippen molar-refractivity contribution in [1.82, 2.24) is 10.2 Å². The summed E-state index contributed by atoms with van der Waals surface area (Å²) in [6, 6.07) is 12.2. The van der Waals surface area contributed by atoms with Gasteiger partial charge in [0.25, 0.3) is 5.91 Å². The molecule has 0 atom stereocenters. The normalized spacial score (nSPS) is 17.3. The van der Waals surface area contributed by atoms with E-state index in [4.69, 9.17) is 4.42 Å². The molecule has 1 aromatic heterocycles. The van der Waals surface area contributed by atoms with Crippen molar-refractivity contribution < 1.29 is 14.0 Å². The average molecular weight is 395 g/mol. The third kappa shape index (κ3) is 5.72. The third-order valence-electron chi connectivity index (χ3n) is 6.11. The van der Waals surface area contributed by atoms with Crippen LogP contribution in [0.3, 0.4) is 0 Å². The molecule has 4 rings (SSSR count). The van der Waals surface area contributed by atoms with Crippen LogP contribution in [0.5, 0.6) is 0 Å². The highest BCUT2D eigenvalue weighted by atomic mass is 16.3. The van der Waals surface area contributed by atoms with Gasteiger partial charge in [-0.1, -0.05) is 24.3 Å². The molecule has 1 saturated carbocycles. The largest absolute Gasteiger partial charge is 0.459 e. The summed E-state index contributed by atoms with van der Waals surface area (Å²) < 4.78 is 5.23. The number of furan rings is 1. The van der Waals surface area contributed by atoms with Gasteiger partial charge >= 0.3 is 0 Å². The molecule has 0 radical (unpaired) electrons. The summed E-state index contributed by atoms with van der Waals surface area (Å²) in [4.78, 5) is 26.1. The van der Waals surface area contributed by atoms with Crippen LogP contribution in [0.1, 0.15) is 53.8 Å². The molecule has 5 heteroatoms. The summed E-state index contributed by atoms with van der Waals surface area (Å²) in [6.07, 6.45) is 8.53. The molecule has 0 spiro atoms. The van der Waals surface area contributed by atoms with Crippen molar-refractivity contribution in [2.24, 2.45) is 11.8 Å². The Morgan fingerprint density at radius 1 is 0.966 bits per heavy atom. The lowest BCUT2D eigenvalue weighted by molar-refractivity contribution is -0.121. The van der Waals surface area contributed by atoms with Gasteiger partial charge in [0, 0.05) is 26.1 Å². The fraction of sp³-hybridized carbons (Fsp3) is 0.500. The maximum absolute atomic E-state index is 12.4. The van der Waals surface area contributed by atoms with Crippen molar-refractivity contribution in [3.8, 4) is 0 Å². The van der Waals surface area contributed by atoms with Gasteiger partial charge in [0.05, 0.1) is 6.26 Å². The van der Waals surface area contributed by atoms with Gasteiger partial charge in [-0.05, 0) is 73.6 Å². The second-order valence-electron chi connectivity index (χ2n) is 8.48. The lowest BCUT2D eigenvalue weighted by Gasteiger charge is -2.31. The molecule has 1 N–H and O–H groups in total. The molecule has 2 aliphatic rings. The molecular weight excluding hydrogens is 364 g/mol. The molecule has 2 heterocycles. The monoisotopic (exact) mass is 394 g/mol. The van der Waals surface area contributed by atoms with Crippen LogP contribution in [0.2, 0.25) is 0 Å². The highest BCUT2D eigenvalue weighted by molar-refractivity contribution is 5.91. The van der Waals surface area contributed by atoms with Crippen molar-refractivity contribution in [3.05, 3.63) is 59.5 Å². The number of aryl methyl sites for hydroxylation is 1. The number of carbonyl (C=O) groups excluding carboxylic acids is 2. The van der Waals surface area contributed by atoms with E-state index >= 15 is 0 Å². The molecule has 2 amide bonds. The molecule has 0 unspecified atom stereocenters. The van der Waals surface area contributed by atoms with Crippen LogP contribution in [0.15, 0.2) is 47.1 Å². The number of nitrogens with one attached hydrogen (secondary N) is 1. The first-order valence-electron chi connectivity index (χ1n) is 10.8. The summed E-state index contributed by atoms with van der Waals surface area (Å²) in [7, 11) is 0. The topological polar surface area (TPSA) is 62.6 Å². The van der Waals surface area contributed by atoms with Crippen LogP contribution < -0.4 is 5.32 Å². The molecule has 29 heavy (non-hydrogen) atoms. The summed E-state index contributed by atoms with van der Waals surface area (Å²) in [5.74, 6) is 1.93. The van der Waals surface area contributed by atoms with Crippen molar-refractivity contribution in [2.45, 2.75) is 44.9 Å². The number of likely N-dealkylation sites (tertiary alicyclic amines) is 1. The number of hydrogen-bond donors (Lipinski definition) is 1. The van der Waals surface area contributed by atoms with Crippen molar-refractivity contribution >= 4 is 11.8 Å². The lowest BCUT2D eigenvalue weighted by atomic mass is 9.89. The Balaban J connectivity index is 1.18. The van der Waals surface area contributed by atoms with E-state index in [9.17, 15) is 9.59 Å². The van der Waals surface area contributed by atoms with Gasteiger partial charge in [-0.25, -0.2) is 0 Å². The van der Waals surface area contributed by atoms with Gasteiger partial charge in [0.1, 0.15) is 0 Å². The Morgan fingerprint density at radius 3 is 2.34 bits per heavy atom. The van der Waals surface area contributed by atoms with E-state index in [-0.39, 0.29) is 11.8 Å². The maximum Gasteiger partial charge on any atom is 0.289 e. The minimum Gasteiger partial charge on any atom is -0.459 e. The van der Waals surface area contributed by atoms with E-state index in [1.807, 2.05) is 4.90 Å². The Bertz CT molecular complexity index is 801. The molecule has 2 fully saturated rings. The predicted molar refractivity (Wildman–Crippen MR) is 112 cm³/mol. The van der Waals surface area contributed by atoms with Gasteiger partial charge in [0.15, 0.2) is 5.76 Å². The predicted octanol–water partition coefficient (Wildman–Crippen LogP) is 3.83. The molecule has 2 aromatic rings. The first-order chi connectivity index (χ1) is 14.2. The summed E-state index contributed by atoms with van der Waals surface area (Å²) in [5.41, 5.74) is 2.55. The van der Waals surface area contributed by atoms with Crippen LogP contribution in [0.25, 0.3) is 0 Å². The number of carbonyl (C=O) groups is 2. The fourth-order valence-electron chi connectivity index (χ4n) is 4.00. The molecule has 1 aliphatic heterocycles. The Labute approximate surface area is 172 Å². The van der Waals surface area contributed by atoms with Crippen LogP contribution in [0, 0.1) is 11.8 Å². The smallest absolute Gasteiger partial charge is 0.289 e. The molecular formula is C24H30N2O3. The van der Waals surface area contributed by atoms with Crippen LogP contribution in [-0.4, -0.2) is 36.3 Å². The number of nitrogens with zero attached hydrogens (tertiary/aromatic N) is 1. The van der Waals surface area contributed by atoms with E-state index in [0.29, 0.717) is 18.1 Å². The minimum atomic E-state index is -0.000953. The molecule has 1 aromatic carbocycles.